The maximum Gasteiger partial charge on any atom is 0.200 e. The van der Waals surface area contributed by atoms with Gasteiger partial charge in [0.25, 0.3) is 0 Å². The fourth-order valence-electron chi connectivity index (χ4n) is 1.24. The summed E-state index contributed by atoms with van der Waals surface area (Å²) in [5.41, 5.74) is 5.88. The van der Waals surface area contributed by atoms with Crippen molar-refractivity contribution in [1.29, 1.82) is 0 Å². The summed E-state index contributed by atoms with van der Waals surface area (Å²) in [7, 11) is 2.85. The summed E-state index contributed by atoms with van der Waals surface area (Å²) in [6, 6.07) is 3.05. The topological polar surface area (TPSA) is 84.9 Å². The first kappa shape index (κ1) is 11.6. The van der Waals surface area contributed by atoms with Crippen LogP contribution in [0.4, 0.5) is 0 Å². The number of aliphatic hydroxyl groups is 1. The van der Waals surface area contributed by atoms with E-state index in [4.69, 9.17) is 15.2 Å². The number of ether oxygens (including phenoxy) is 2. The van der Waals surface area contributed by atoms with Crippen LogP contribution in [0.2, 0.25) is 0 Å². The van der Waals surface area contributed by atoms with Gasteiger partial charge in [0, 0.05) is 6.54 Å². The molecule has 1 unspecified atom stereocenters. The van der Waals surface area contributed by atoms with Crippen LogP contribution in [0.25, 0.3) is 0 Å². The Morgan fingerprint density at radius 3 is 2.07 bits per heavy atom. The van der Waals surface area contributed by atoms with E-state index in [9.17, 15) is 10.2 Å². The van der Waals surface area contributed by atoms with Crippen molar-refractivity contribution in [3.63, 3.8) is 0 Å². The van der Waals surface area contributed by atoms with E-state index in [-0.39, 0.29) is 23.8 Å². The van der Waals surface area contributed by atoms with Crippen molar-refractivity contribution in [3.05, 3.63) is 17.7 Å². The molecule has 0 saturated carbocycles. The summed E-state index contributed by atoms with van der Waals surface area (Å²) in [6.07, 6.45) is -0.798. The van der Waals surface area contributed by atoms with E-state index in [2.05, 4.69) is 0 Å². The molecule has 0 aromatic heterocycles. The number of hydrogen-bond acceptors (Lipinski definition) is 5. The highest BCUT2D eigenvalue weighted by atomic mass is 16.5. The third-order valence-corrected chi connectivity index (χ3v) is 2.11. The predicted octanol–water partition coefficient (Wildman–Crippen LogP) is 0.402. The van der Waals surface area contributed by atoms with Gasteiger partial charge in [-0.05, 0) is 17.7 Å². The average Bonchev–Trinajstić information content (AvgIpc) is 2.28. The van der Waals surface area contributed by atoms with Crippen LogP contribution in [0.1, 0.15) is 11.7 Å². The number of aromatic hydroxyl groups is 1. The van der Waals surface area contributed by atoms with Crippen molar-refractivity contribution >= 4 is 0 Å². The standard InChI is InChI=1S/C10H15NO4/c1-14-8-3-6(7(12)5-11)4-9(15-2)10(8)13/h3-4,7,12-13H,5,11H2,1-2H3. The van der Waals surface area contributed by atoms with E-state index in [1.165, 1.54) is 26.4 Å². The van der Waals surface area contributed by atoms with E-state index in [1.807, 2.05) is 0 Å². The minimum absolute atomic E-state index is 0.0898. The fraction of sp³-hybridized carbons (Fsp3) is 0.400. The molecule has 1 aromatic carbocycles. The number of aliphatic hydroxyl groups excluding tert-OH is 1. The van der Waals surface area contributed by atoms with Crippen LogP contribution in [0.3, 0.4) is 0 Å². The number of rotatable bonds is 4. The largest absolute Gasteiger partial charge is 0.502 e. The van der Waals surface area contributed by atoms with Crippen molar-refractivity contribution in [2.45, 2.75) is 6.10 Å². The molecule has 1 aromatic rings. The van der Waals surface area contributed by atoms with E-state index in [0.29, 0.717) is 5.56 Å². The Kier molecular flexibility index (Phi) is 3.76. The lowest BCUT2D eigenvalue weighted by molar-refractivity contribution is 0.185. The number of nitrogens with two attached hydrogens (primary N) is 1. The zero-order chi connectivity index (χ0) is 11.4. The molecule has 0 aliphatic heterocycles. The molecule has 4 N–H and O–H groups in total. The van der Waals surface area contributed by atoms with Crippen LogP contribution in [-0.2, 0) is 0 Å². The van der Waals surface area contributed by atoms with Crippen molar-refractivity contribution in [2.75, 3.05) is 20.8 Å². The Morgan fingerprint density at radius 1 is 1.27 bits per heavy atom. The molecule has 0 spiro atoms. The van der Waals surface area contributed by atoms with E-state index in [0.717, 1.165) is 0 Å². The molecule has 84 valence electrons. The second-order valence-electron chi connectivity index (χ2n) is 3.03. The Bertz CT molecular complexity index is 315. The molecule has 0 bridgehead atoms. The van der Waals surface area contributed by atoms with Gasteiger partial charge < -0.3 is 25.4 Å². The van der Waals surface area contributed by atoms with Gasteiger partial charge in [0.15, 0.2) is 11.5 Å². The van der Waals surface area contributed by atoms with Crippen molar-refractivity contribution < 1.29 is 19.7 Å². The first-order valence-corrected chi connectivity index (χ1v) is 4.47. The summed E-state index contributed by atoms with van der Waals surface area (Å²) in [5.74, 6) is 0.404. The van der Waals surface area contributed by atoms with Gasteiger partial charge in [0.2, 0.25) is 5.75 Å². The highest BCUT2D eigenvalue weighted by Gasteiger charge is 2.14. The minimum atomic E-state index is -0.798. The number of phenols is 1. The Hall–Kier alpha value is -1.46. The molecule has 0 heterocycles. The van der Waals surface area contributed by atoms with Gasteiger partial charge in [0.05, 0.1) is 20.3 Å². The van der Waals surface area contributed by atoms with Crippen LogP contribution in [0.15, 0.2) is 12.1 Å². The molecular weight excluding hydrogens is 198 g/mol. The Balaban J connectivity index is 3.20. The summed E-state index contributed by atoms with van der Waals surface area (Å²) < 4.78 is 9.88. The van der Waals surface area contributed by atoms with Gasteiger partial charge in [-0.15, -0.1) is 0 Å². The lowest BCUT2D eigenvalue weighted by atomic mass is 10.1. The molecule has 5 nitrogen and oxygen atoms in total. The van der Waals surface area contributed by atoms with Crippen LogP contribution in [0, 0.1) is 0 Å². The van der Waals surface area contributed by atoms with Gasteiger partial charge in [-0.2, -0.15) is 0 Å². The highest BCUT2D eigenvalue weighted by molar-refractivity contribution is 5.53. The summed E-state index contributed by atoms with van der Waals surface area (Å²) in [4.78, 5) is 0. The Morgan fingerprint density at radius 2 is 1.73 bits per heavy atom. The highest BCUT2D eigenvalue weighted by Crippen LogP contribution is 2.38. The maximum absolute atomic E-state index is 9.60. The molecule has 0 radical (unpaired) electrons. The first-order valence-electron chi connectivity index (χ1n) is 4.47. The van der Waals surface area contributed by atoms with Gasteiger partial charge in [-0.3, -0.25) is 0 Å². The van der Waals surface area contributed by atoms with E-state index in [1.54, 1.807) is 0 Å². The van der Waals surface area contributed by atoms with Gasteiger partial charge >= 0.3 is 0 Å². The van der Waals surface area contributed by atoms with Gasteiger partial charge in [-0.1, -0.05) is 0 Å². The molecular formula is C10H15NO4. The van der Waals surface area contributed by atoms with Crippen LogP contribution in [0.5, 0.6) is 17.2 Å². The maximum atomic E-state index is 9.60. The molecule has 0 saturated heterocycles. The molecule has 0 aliphatic rings. The minimum Gasteiger partial charge on any atom is -0.502 e. The van der Waals surface area contributed by atoms with E-state index >= 15 is 0 Å². The van der Waals surface area contributed by atoms with Crippen LogP contribution >= 0.6 is 0 Å². The zero-order valence-corrected chi connectivity index (χ0v) is 8.73. The van der Waals surface area contributed by atoms with Gasteiger partial charge in [0.1, 0.15) is 0 Å². The third kappa shape index (κ3) is 2.31. The molecule has 0 aliphatic carbocycles. The number of hydrogen-bond donors (Lipinski definition) is 3. The lowest BCUT2D eigenvalue weighted by Crippen LogP contribution is -2.11. The third-order valence-electron chi connectivity index (χ3n) is 2.11. The number of methoxy groups -OCH3 is 2. The molecule has 15 heavy (non-hydrogen) atoms. The molecule has 5 heteroatoms. The molecule has 0 amide bonds. The van der Waals surface area contributed by atoms with Crippen molar-refractivity contribution in [2.24, 2.45) is 5.73 Å². The van der Waals surface area contributed by atoms with Crippen molar-refractivity contribution in [1.82, 2.24) is 0 Å². The molecule has 0 fully saturated rings. The van der Waals surface area contributed by atoms with Crippen LogP contribution < -0.4 is 15.2 Å². The number of benzene rings is 1. The zero-order valence-electron chi connectivity index (χ0n) is 8.73. The van der Waals surface area contributed by atoms with Crippen molar-refractivity contribution in [3.8, 4) is 17.2 Å². The summed E-state index contributed by atoms with van der Waals surface area (Å²) in [6.45, 7) is 0.0943. The van der Waals surface area contributed by atoms with E-state index < -0.39 is 6.10 Å². The monoisotopic (exact) mass is 213 g/mol. The second-order valence-corrected chi connectivity index (χ2v) is 3.03. The average molecular weight is 213 g/mol. The molecule has 1 rings (SSSR count). The predicted molar refractivity (Wildman–Crippen MR) is 55.2 cm³/mol. The SMILES string of the molecule is COc1cc(C(O)CN)cc(OC)c1O. The summed E-state index contributed by atoms with van der Waals surface area (Å²) >= 11 is 0. The van der Waals surface area contributed by atoms with Crippen LogP contribution in [-0.4, -0.2) is 31.0 Å². The number of phenolic OH excluding ortho intramolecular Hbond substituents is 1. The quantitative estimate of drug-likeness (QED) is 0.674. The smallest absolute Gasteiger partial charge is 0.200 e. The molecule has 1 atom stereocenters. The summed E-state index contributed by atoms with van der Waals surface area (Å²) in [5, 5.41) is 19.1. The second kappa shape index (κ2) is 4.86. The first-order chi connectivity index (χ1) is 7.13. The Labute approximate surface area is 88.0 Å². The van der Waals surface area contributed by atoms with Gasteiger partial charge in [-0.25, -0.2) is 0 Å². The normalized spacial score (nSPS) is 12.3. The lowest BCUT2D eigenvalue weighted by Gasteiger charge is -2.13. The fourth-order valence-corrected chi connectivity index (χ4v) is 1.24.